The zero-order chi connectivity index (χ0) is 12.3. The summed E-state index contributed by atoms with van der Waals surface area (Å²) in [5.41, 5.74) is 2.06. The van der Waals surface area contributed by atoms with E-state index in [0.717, 1.165) is 29.0 Å². The Morgan fingerprint density at radius 2 is 2.35 bits per heavy atom. The van der Waals surface area contributed by atoms with E-state index >= 15 is 0 Å². The standard InChI is InChI=1S/C12H17N3OS/c1-9(2)8-16-6-5-15-11-3-4-13-7-10(11)14-12(15)17/h3-4,7,9H,5-6,8H2,1-2H3,(H,14,17). The summed E-state index contributed by atoms with van der Waals surface area (Å²) in [4.78, 5) is 7.20. The fraction of sp³-hybridized carbons (Fsp3) is 0.500. The Balaban J connectivity index is 2.08. The summed E-state index contributed by atoms with van der Waals surface area (Å²) in [5, 5.41) is 0. The average Bonchev–Trinajstić information content (AvgIpc) is 2.60. The molecule has 2 rings (SSSR count). The molecule has 0 saturated heterocycles. The molecule has 0 saturated carbocycles. The molecular weight excluding hydrogens is 234 g/mol. The summed E-state index contributed by atoms with van der Waals surface area (Å²) < 4.78 is 8.35. The van der Waals surface area contributed by atoms with E-state index in [-0.39, 0.29) is 0 Å². The van der Waals surface area contributed by atoms with E-state index in [0.29, 0.717) is 12.5 Å². The summed E-state index contributed by atoms with van der Waals surface area (Å²) in [5.74, 6) is 0.565. The van der Waals surface area contributed by atoms with Crippen LogP contribution in [-0.2, 0) is 11.3 Å². The maximum atomic E-state index is 5.58. The van der Waals surface area contributed by atoms with E-state index in [1.54, 1.807) is 12.4 Å². The number of fused-ring (bicyclic) bond motifs is 1. The molecule has 2 aromatic heterocycles. The van der Waals surface area contributed by atoms with Gasteiger partial charge in [-0.1, -0.05) is 13.8 Å². The number of hydrogen-bond donors (Lipinski definition) is 1. The minimum Gasteiger partial charge on any atom is -0.379 e. The number of H-pyrrole nitrogens is 1. The van der Waals surface area contributed by atoms with Gasteiger partial charge in [-0.25, -0.2) is 0 Å². The molecular formula is C12H17N3OS. The molecule has 0 spiro atoms. The molecule has 0 aliphatic heterocycles. The molecule has 0 unspecified atom stereocenters. The van der Waals surface area contributed by atoms with Crippen LogP contribution in [0.5, 0.6) is 0 Å². The first kappa shape index (κ1) is 12.3. The molecule has 0 atom stereocenters. The van der Waals surface area contributed by atoms with Crippen LogP contribution in [-0.4, -0.2) is 27.7 Å². The van der Waals surface area contributed by atoms with E-state index < -0.39 is 0 Å². The molecule has 2 aromatic rings. The number of ether oxygens (including phenoxy) is 1. The van der Waals surface area contributed by atoms with Gasteiger partial charge in [0.2, 0.25) is 0 Å². The number of nitrogens with one attached hydrogen (secondary N) is 1. The van der Waals surface area contributed by atoms with Crippen molar-refractivity contribution < 1.29 is 4.74 Å². The smallest absolute Gasteiger partial charge is 0.178 e. The van der Waals surface area contributed by atoms with Gasteiger partial charge in [0.1, 0.15) is 0 Å². The third kappa shape index (κ3) is 2.92. The SMILES string of the molecule is CC(C)COCCn1c(=S)[nH]c2cnccc21. The first-order chi connectivity index (χ1) is 8.18. The van der Waals surface area contributed by atoms with Crippen molar-refractivity contribution in [1.82, 2.24) is 14.5 Å². The topological polar surface area (TPSA) is 42.8 Å². The van der Waals surface area contributed by atoms with Crippen molar-refractivity contribution in [2.75, 3.05) is 13.2 Å². The van der Waals surface area contributed by atoms with Crippen molar-refractivity contribution in [2.45, 2.75) is 20.4 Å². The van der Waals surface area contributed by atoms with Gasteiger partial charge in [0, 0.05) is 19.3 Å². The first-order valence-corrected chi connectivity index (χ1v) is 6.19. The number of imidazole rings is 1. The van der Waals surface area contributed by atoms with Gasteiger partial charge in [-0.15, -0.1) is 0 Å². The lowest BCUT2D eigenvalue weighted by molar-refractivity contribution is 0.103. The molecule has 92 valence electrons. The molecule has 0 aliphatic carbocycles. The molecule has 0 radical (unpaired) electrons. The van der Waals surface area contributed by atoms with E-state index in [9.17, 15) is 0 Å². The van der Waals surface area contributed by atoms with Gasteiger partial charge in [-0.3, -0.25) is 4.98 Å². The second-order valence-electron chi connectivity index (χ2n) is 4.44. The highest BCUT2D eigenvalue weighted by Gasteiger charge is 2.03. The van der Waals surface area contributed by atoms with Crippen LogP contribution in [0.15, 0.2) is 18.5 Å². The second-order valence-corrected chi connectivity index (χ2v) is 4.83. The highest BCUT2D eigenvalue weighted by molar-refractivity contribution is 7.71. The summed E-state index contributed by atoms with van der Waals surface area (Å²) in [6.45, 7) is 6.53. The van der Waals surface area contributed by atoms with Gasteiger partial charge in [-0.05, 0) is 24.2 Å². The lowest BCUT2D eigenvalue weighted by Crippen LogP contribution is -2.09. The summed E-state index contributed by atoms with van der Waals surface area (Å²) >= 11 is 5.28. The van der Waals surface area contributed by atoms with Crippen LogP contribution in [0.1, 0.15) is 13.8 Å². The minimum absolute atomic E-state index is 0.565. The third-order valence-electron chi connectivity index (χ3n) is 2.49. The quantitative estimate of drug-likeness (QED) is 0.656. The number of rotatable bonds is 5. The van der Waals surface area contributed by atoms with Gasteiger partial charge in [0.25, 0.3) is 0 Å². The molecule has 1 N–H and O–H groups in total. The predicted molar refractivity (Wildman–Crippen MR) is 70.6 cm³/mol. The fourth-order valence-electron chi connectivity index (χ4n) is 1.71. The molecule has 4 nitrogen and oxygen atoms in total. The number of pyridine rings is 1. The van der Waals surface area contributed by atoms with Crippen LogP contribution < -0.4 is 0 Å². The largest absolute Gasteiger partial charge is 0.379 e. The highest BCUT2D eigenvalue weighted by atomic mass is 32.1. The van der Waals surface area contributed by atoms with Crippen LogP contribution in [0.3, 0.4) is 0 Å². The monoisotopic (exact) mass is 251 g/mol. The predicted octanol–water partition coefficient (Wildman–Crippen LogP) is 2.77. The summed E-state index contributed by atoms with van der Waals surface area (Å²) in [6, 6.07) is 1.96. The number of hydrogen-bond acceptors (Lipinski definition) is 3. The van der Waals surface area contributed by atoms with Crippen molar-refractivity contribution in [3.63, 3.8) is 0 Å². The van der Waals surface area contributed by atoms with Crippen molar-refractivity contribution in [3.8, 4) is 0 Å². The Morgan fingerprint density at radius 1 is 1.53 bits per heavy atom. The number of aromatic nitrogens is 3. The molecule has 0 aliphatic rings. The Bertz CT molecular complexity index is 544. The molecule has 0 amide bonds. The van der Waals surface area contributed by atoms with E-state index in [1.165, 1.54) is 0 Å². The summed E-state index contributed by atoms with van der Waals surface area (Å²) in [6.07, 6.45) is 3.56. The lowest BCUT2D eigenvalue weighted by Gasteiger charge is -2.07. The zero-order valence-electron chi connectivity index (χ0n) is 10.1. The van der Waals surface area contributed by atoms with Crippen LogP contribution in [0.4, 0.5) is 0 Å². The molecule has 5 heteroatoms. The van der Waals surface area contributed by atoms with Gasteiger partial charge in [0.15, 0.2) is 4.77 Å². The third-order valence-corrected chi connectivity index (χ3v) is 2.81. The molecule has 0 fully saturated rings. The first-order valence-electron chi connectivity index (χ1n) is 5.78. The Labute approximate surface area is 106 Å². The van der Waals surface area contributed by atoms with Crippen LogP contribution in [0.2, 0.25) is 0 Å². The van der Waals surface area contributed by atoms with Crippen LogP contribution in [0, 0.1) is 10.7 Å². The molecule has 2 heterocycles. The molecule has 0 bridgehead atoms. The molecule has 17 heavy (non-hydrogen) atoms. The summed E-state index contributed by atoms with van der Waals surface area (Å²) in [7, 11) is 0. The maximum absolute atomic E-state index is 5.58. The second kappa shape index (κ2) is 5.42. The normalized spacial score (nSPS) is 11.5. The van der Waals surface area contributed by atoms with E-state index in [4.69, 9.17) is 17.0 Å². The Morgan fingerprint density at radius 3 is 3.12 bits per heavy atom. The highest BCUT2D eigenvalue weighted by Crippen LogP contribution is 2.11. The van der Waals surface area contributed by atoms with Gasteiger partial charge in [-0.2, -0.15) is 0 Å². The van der Waals surface area contributed by atoms with Gasteiger partial charge in [0.05, 0.1) is 23.8 Å². The Hall–Kier alpha value is -1.20. The fourth-order valence-corrected chi connectivity index (χ4v) is 2.01. The van der Waals surface area contributed by atoms with E-state index in [2.05, 4.69) is 23.8 Å². The lowest BCUT2D eigenvalue weighted by atomic mass is 10.2. The van der Waals surface area contributed by atoms with Gasteiger partial charge >= 0.3 is 0 Å². The van der Waals surface area contributed by atoms with E-state index in [1.807, 2.05) is 10.6 Å². The van der Waals surface area contributed by atoms with Crippen molar-refractivity contribution in [2.24, 2.45) is 5.92 Å². The Kier molecular flexibility index (Phi) is 3.91. The molecule has 0 aromatic carbocycles. The average molecular weight is 251 g/mol. The van der Waals surface area contributed by atoms with Crippen molar-refractivity contribution in [1.29, 1.82) is 0 Å². The maximum Gasteiger partial charge on any atom is 0.178 e. The van der Waals surface area contributed by atoms with Crippen LogP contribution >= 0.6 is 12.2 Å². The van der Waals surface area contributed by atoms with Crippen molar-refractivity contribution in [3.05, 3.63) is 23.2 Å². The zero-order valence-corrected chi connectivity index (χ0v) is 11.0. The van der Waals surface area contributed by atoms with Crippen LogP contribution in [0.25, 0.3) is 11.0 Å². The van der Waals surface area contributed by atoms with Crippen molar-refractivity contribution >= 4 is 23.3 Å². The van der Waals surface area contributed by atoms with Gasteiger partial charge < -0.3 is 14.3 Å². The minimum atomic E-state index is 0.565. The number of nitrogens with zero attached hydrogens (tertiary/aromatic N) is 2. The number of aromatic amines is 1.